The van der Waals surface area contributed by atoms with Crippen LogP contribution in [0.15, 0.2) is 0 Å². The van der Waals surface area contributed by atoms with Crippen LogP contribution in [0.1, 0.15) is 19.3 Å². The third-order valence-electron chi connectivity index (χ3n) is 2.99. The van der Waals surface area contributed by atoms with Crippen LogP contribution in [-0.2, 0) is 14.2 Å². The van der Waals surface area contributed by atoms with Crippen molar-refractivity contribution in [3.8, 4) is 0 Å². The smallest absolute Gasteiger partial charge is 0.309 e. The van der Waals surface area contributed by atoms with E-state index in [4.69, 9.17) is 20.6 Å². The van der Waals surface area contributed by atoms with E-state index < -0.39 is 17.8 Å². The van der Waals surface area contributed by atoms with Gasteiger partial charge in [-0.3, -0.25) is 9.59 Å². The maximum atomic E-state index is 11.0. The van der Waals surface area contributed by atoms with Gasteiger partial charge in [0.1, 0.15) is 0 Å². The van der Waals surface area contributed by atoms with Crippen LogP contribution in [0.2, 0.25) is 12.1 Å². The van der Waals surface area contributed by atoms with E-state index in [-0.39, 0.29) is 26.0 Å². The Morgan fingerprint density at radius 1 is 1.44 bits per heavy atom. The number of nitrogens with two attached hydrogens (primary N) is 1. The zero-order valence-electron chi connectivity index (χ0n) is 8.96. The normalized spacial score (nSPS) is 25.4. The lowest BCUT2D eigenvalue weighted by Crippen LogP contribution is -2.37. The predicted octanol–water partition coefficient (Wildman–Crippen LogP) is 0.250. The van der Waals surface area contributed by atoms with Crippen molar-refractivity contribution >= 4 is 18.9 Å². The van der Waals surface area contributed by atoms with E-state index in [1.807, 2.05) is 0 Å². The molecule has 90 valence electrons. The summed E-state index contributed by atoms with van der Waals surface area (Å²) in [5, 5.41) is 17.7. The molecule has 1 fully saturated rings. The van der Waals surface area contributed by atoms with Gasteiger partial charge in [0.2, 0.25) is 0 Å². The largest absolute Gasteiger partial charge is 0.481 e. The number of hydrogen-bond acceptors (Lipinski definition) is 4. The van der Waals surface area contributed by atoms with E-state index in [9.17, 15) is 9.59 Å². The quantitative estimate of drug-likeness (QED) is 0.460. The first kappa shape index (κ1) is 13.0. The Kier molecular flexibility index (Phi) is 4.76. The number of carbonyl (C=O) groups is 2. The number of rotatable bonds is 5. The molecule has 16 heavy (non-hydrogen) atoms. The van der Waals surface area contributed by atoms with E-state index in [0.717, 1.165) is 0 Å². The van der Waals surface area contributed by atoms with Crippen LogP contribution >= 0.6 is 0 Å². The van der Waals surface area contributed by atoms with Crippen LogP contribution in [0.5, 0.6) is 0 Å². The fourth-order valence-corrected chi connectivity index (χ4v) is 2.25. The van der Waals surface area contributed by atoms with Gasteiger partial charge in [-0.25, -0.2) is 0 Å². The van der Waals surface area contributed by atoms with Crippen LogP contribution in [0.4, 0.5) is 0 Å². The second kappa shape index (κ2) is 5.86. The molecule has 0 amide bonds. The maximum absolute atomic E-state index is 11.0. The first-order valence-corrected chi connectivity index (χ1v) is 5.30. The van der Waals surface area contributed by atoms with Crippen molar-refractivity contribution in [3.63, 3.8) is 0 Å². The van der Waals surface area contributed by atoms with Gasteiger partial charge in [-0.2, -0.15) is 0 Å². The standard InChI is InChI=1S/C9H16BNO5/c11-5-16-10-2-1-6(4-8(12)13)3-7(10)9(14)15/h6-7H,1-5,11H2,(H,12,13)(H,14,15). The van der Waals surface area contributed by atoms with Gasteiger partial charge in [0.05, 0.1) is 12.5 Å². The summed E-state index contributed by atoms with van der Waals surface area (Å²) in [6.45, 7) is -0.384. The minimum Gasteiger partial charge on any atom is -0.481 e. The highest BCUT2D eigenvalue weighted by atomic mass is 16.4. The van der Waals surface area contributed by atoms with Crippen molar-refractivity contribution in [2.45, 2.75) is 31.4 Å². The van der Waals surface area contributed by atoms with Crippen molar-refractivity contribution in [2.24, 2.45) is 11.7 Å². The molecule has 7 heteroatoms. The summed E-state index contributed by atoms with van der Waals surface area (Å²) in [6.07, 6.45) is 1.62. The average molecular weight is 229 g/mol. The van der Waals surface area contributed by atoms with E-state index in [2.05, 4.69) is 0 Å². The lowest BCUT2D eigenvalue weighted by Gasteiger charge is -2.30. The molecule has 0 radical (unpaired) electrons. The van der Waals surface area contributed by atoms with Gasteiger partial charge in [-0.1, -0.05) is 6.42 Å². The van der Waals surface area contributed by atoms with E-state index in [0.29, 0.717) is 19.2 Å². The maximum Gasteiger partial charge on any atom is 0.309 e. The zero-order valence-corrected chi connectivity index (χ0v) is 8.96. The highest BCUT2D eigenvalue weighted by molar-refractivity contribution is 6.58. The molecule has 0 spiro atoms. The van der Waals surface area contributed by atoms with Gasteiger partial charge < -0.3 is 20.6 Å². The Morgan fingerprint density at radius 2 is 2.12 bits per heavy atom. The minimum absolute atomic E-state index is 0.00194. The Labute approximate surface area is 93.9 Å². The monoisotopic (exact) mass is 229 g/mol. The summed E-state index contributed by atoms with van der Waals surface area (Å²) in [5.74, 6) is -2.53. The molecule has 6 nitrogen and oxygen atoms in total. The molecule has 0 bridgehead atoms. The topological polar surface area (TPSA) is 110 Å². The Balaban J connectivity index is 2.57. The fourth-order valence-electron chi connectivity index (χ4n) is 2.25. The van der Waals surface area contributed by atoms with E-state index >= 15 is 0 Å². The van der Waals surface area contributed by atoms with Gasteiger partial charge in [0.25, 0.3) is 0 Å². The number of hydrogen-bond donors (Lipinski definition) is 3. The first-order valence-electron chi connectivity index (χ1n) is 5.30. The van der Waals surface area contributed by atoms with Crippen molar-refractivity contribution in [1.82, 2.24) is 0 Å². The molecule has 4 N–H and O–H groups in total. The fraction of sp³-hybridized carbons (Fsp3) is 0.778. The zero-order chi connectivity index (χ0) is 12.1. The third kappa shape index (κ3) is 3.50. The molecular weight excluding hydrogens is 213 g/mol. The van der Waals surface area contributed by atoms with Gasteiger partial charge in [-0.15, -0.1) is 0 Å². The predicted molar refractivity (Wildman–Crippen MR) is 57.1 cm³/mol. The summed E-state index contributed by atoms with van der Waals surface area (Å²) < 4.78 is 5.16. The van der Waals surface area contributed by atoms with Crippen LogP contribution < -0.4 is 5.73 Å². The van der Waals surface area contributed by atoms with Crippen molar-refractivity contribution in [3.05, 3.63) is 0 Å². The summed E-state index contributed by atoms with van der Waals surface area (Å²) in [4.78, 5) is 21.6. The van der Waals surface area contributed by atoms with Crippen molar-refractivity contribution in [2.75, 3.05) is 6.73 Å². The SMILES string of the molecule is NCOB1CCC(CC(=O)O)CC1C(=O)O. The summed E-state index contributed by atoms with van der Waals surface area (Å²) in [5.41, 5.74) is 5.23. The number of carboxylic acids is 2. The molecule has 0 aromatic heterocycles. The summed E-state index contributed by atoms with van der Waals surface area (Å²) >= 11 is 0. The lowest BCUT2D eigenvalue weighted by atomic mass is 9.46. The number of aliphatic carboxylic acids is 2. The lowest BCUT2D eigenvalue weighted by molar-refractivity contribution is -0.140. The van der Waals surface area contributed by atoms with E-state index in [1.165, 1.54) is 0 Å². The second-order valence-corrected chi connectivity index (χ2v) is 4.09. The molecule has 2 atom stereocenters. The van der Waals surface area contributed by atoms with Crippen LogP contribution in [0.25, 0.3) is 0 Å². The molecule has 0 aromatic rings. The van der Waals surface area contributed by atoms with Gasteiger partial charge in [0.15, 0.2) is 0 Å². The molecule has 1 aliphatic rings. The van der Waals surface area contributed by atoms with Crippen LogP contribution in [0, 0.1) is 5.92 Å². The highest BCUT2D eigenvalue weighted by Crippen LogP contribution is 2.35. The summed E-state index contributed by atoms with van der Waals surface area (Å²) in [6, 6.07) is 0. The van der Waals surface area contributed by atoms with Crippen LogP contribution in [0.3, 0.4) is 0 Å². The van der Waals surface area contributed by atoms with Gasteiger partial charge in [-0.05, 0) is 18.7 Å². The molecule has 1 rings (SSSR count). The molecule has 0 aromatic carbocycles. The Hall–Kier alpha value is -1.08. The molecular formula is C9H16BNO5. The van der Waals surface area contributed by atoms with Gasteiger partial charge >= 0.3 is 18.9 Å². The van der Waals surface area contributed by atoms with Crippen molar-refractivity contribution in [1.29, 1.82) is 0 Å². The molecule has 1 saturated heterocycles. The van der Waals surface area contributed by atoms with E-state index in [1.54, 1.807) is 0 Å². The molecule has 0 aliphatic carbocycles. The second-order valence-electron chi connectivity index (χ2n) is 4.09. The highest BCUT2D eigenvalue weighted by Gasteiger charge is 2.39. The molecule has 0 saturated carbocycles. The van der Waals surface area contributed by atoms with Crippen molar-refractivity contribution < 1.29 is 24.5 Å². The molecule has 1 heterocycles. The molecule has 1 aliphatic heterocycles. The third-order valence-corrected chi connectivity index (χ3v) is 2.99. The van der Waals surface area contributed by atoms with Crippen LogP contribution in [-0.4, -0.2) is 35.8 Å². The minimum atomic E-state index is -0.937. The van der Waals surface area contributed by atoms with Gasteiger partial charge in [0, 0.05) is 6.42 Å². The Morgan fingerprint density at radius 3 is 2.62 bits per heavy atom. The molecule has 2 unspecified atom stereocenters. The Bertz CT molecular complexity index is 273. The number of carboxylic acid groups (broad SMARTS) is 2. The first-order chi connectivity index (χ1) is 7.54. The average Bonchev–Trinajstić information content (AvgIpc) is 2.19. The summed E-state index contributed by atoms with van der Waals surface area (Å²) in [7, 11) is 0.